The number of pyridine rings is 1. The molecule has 5 heteroatoms. The molecule has 0 amide bonds. The second-order valence-corrected chi connectivity index (χ2v) is 9.02. The van der Waals surface area contributed by atoms with Gasteiger partial charge in [-0.15, -0.1) is 0 Å². The molecule has 2 saturated heterocycles. The number of rotatable bonds is 5. The highest BCUT2D eigenvalue weighted by molar-refractivity contribution is 5.80. The summed E-state index contributed by atoms with van der Waals surface area (Å²) in [5.74, 6) is 3.21. The molecule has 0 unspecified atom stereocenters. The molecule has 0 saturated carbocycles. The van der Waals surface area contributed by atoms with Crippen LogP contribution in [-0.4, -0.2) is 41.1 Å². The topological polar surface area (TPSA) is 45.2 Å². The van der Waals surface area contributed by atoms with Crippen molar-refractivity contribution in [2.75, 3.05) is 36.0 Å². The van der Waals surface area contributed by atoms with Gasteiger partial charge in [-0.2, -0.15) is 0 Å². The maximum atomic E-state index is 4.85. The standard InChI is InChI=1S/C27H27N5/c1-2-6-20(7-3-1)16-21-12-15-31(17-21)27-26(28-13-14-29-27)23-18-32(19-23)25-11-10-22-8-4-5-9-24(22)30-25/h1-11,13-14,21,23H,12,15-19H2/t21-/m1/s1. The normalized spacial score (nSPS) is 18.8. The van der Waals surface area contributed by atoms with Crippen LogP contribution in [0.25, 0.3) is 10.9 Å². The van der Waals surface area contributed by atoms with Crippen LogP contribution in [0, 0.1) is 5.92 Å². The Labute approximate surface area is 188 Å². The van der Waals surface area contributed by atoms with E-state index in [2.05, 4.69) is 70.5 Å². The minimum atomic E-state index is 0.403. The molecule has 2 aromatic heterocycles. The molecule has 0 N–H and O–H groups in total. The fourth-order valence-corrected chi connectivity index (χ4v) is 5.08. The van der Waals surface area contributed by atoms with Crippen molar-refractivity contribution in [3.63, 3.8) is 0 Å². The Morgan fingerprint density at radius 1 is 0.781 bits per heavy atom. The van der Waals surface area contributed by atoms with Crippen LogP contribution in [-0.2, 0) is 6.42 Å². The summed E-state index contributed by atoms with van der Waals surface area (Å²) in [6, 6.07) is 23.4. The Morgan fingerprint density at radius 2 is 1.59 bits per heavy atom. The van der Waals surface area contributed by atoms with Crippen LogP contribution < -0.4 is 9.80 Å². The lowest BCUT2D eigenvalue weighted by Crippen LogP contribution is -2.46. The molecule has 2 aromatic carbocycles. The quantitative estimate of drug-likeness (QED) is 0.467. The number of fused-ring (bicyclic) bond motifs is 1. The van der Waals surface area contributed by atoms with Gasteiger partial charge in [-0.3, -0.25) is 4.98 Å². The third kappa shape index (κ3) is 3.68. The maximum Gasteiger partial charge on any atom is 0.150 e. The van der Waals surface area contributed by atoms with Crippen molar-refractivity contribution in [1.82, 2.24) is 15.0 Å². The molecule has 0 aliphatic carbocycles. The fraction of sp³-hybridized carbons (Fsp3) is 0.296. The first-order valence-electron chi connectivity index (χ1n) is 11.5. The van der Waals surface area contributed by atoms with Crippen LogP contribution in [0.15, 0.2) is 79.1 Å². The van der Waals surface area contributed by atoms with Crippen molar-refractivity contribution in [3.05, 3.63) is 90.4 Å². The van der Waals surface area contributed by atoms with Crippen LogP contribution in [0.1, 0.15) is 23.6 Å². The lowest BCUT2D eigenvalue weighted by molar-refractivity contribution is 0.507. The Bertz CT molecular complexity index is 1220. The summed E-state index contributed by atoms with van der Waals surface area (Å²) in [7, 11) is 0. The van der Waals surface area contributed by atoms with Crippen molar-refractivity contribution in [1.29, 1.82) is 0 Å². The molecule has 5 nitrogen and oxygen atoms in total. The van der Waals surface area contributed by atoms with Crippen LogP contribution in [0.4, 0.5) is 11.6 Å². The van der Waals surface area contributed by atoms with Gasteiger partial charge in [0.15, 0.2) is 5.82 Å². The smallest absolute Gasteiger partial charge is 0.150 e. The van der Waals surface area contributed by atoms with Gasteiger partial charge in [0.25, 0.3) is 0 Å². The summed E-state index contributed by atoms with van der Waals surface area (Å²) >= 11 is 0. The number of para-hydroxylation sites is 1. The maximum absolute atomic E-state index is 4.85. The zero-order valence-electron chi connectivity index (χ0n) is 18.1. The first-order chi connectivity index (χ1) is 15.8. The molecule has 160 valence electrons. The van der Waals surface area contributed by atoms with E-state index >= 15 is 0 Å². The molecule has 4 heterocycles. The number of benzene rings is 2. The fourth-order valence-electron chi connectivity index (χ4n) is 5.08. The van der Waals surface area contributed by atoms with Crippen molar-refractivity contribution >= 4 is 22.5 Å². The van der Waals surface area contributed by atoms with Crippen LogP contribution in [0.3, 0.4) is 0 Å². The predicted octanol–water partition coefficient (Wildman–Crippen LogP) is 4.70. The molecular formula is C27H27N5. The zero-order valence-corrected chi connectivity index (χ0v) is 18.1. The molecule has 0 bridgehead atoms. The van der Waals surface area contributed by atoms with Crippen molar-refractivity contribution in [2.24, 2.45) is 5.92 Å². The Hall–Kier alpha value is -3.47. The molecule has 1 atom stereocenters. The van der Waals surface area contributed by atoms with E-state index in [0.717, 1.165) is 55.4 Å². The first-order valence-corrected chi connectivity index (χ1v) is 11.5. The largest absolute Gasteiger partial charge is 0.355 e. The minimum Gasteiger partial charge on any atom is -0.355 e. The Balaban J connectivity index is 1.14. The van der Waals surface area contributed by atoms with E-state index in [0.29, 0.717) is 11.8 Å². The van der Waals surface area contributed by atoms with Crippen LogP contribution in [0.5, 0.6) is 0 Å². The molecular weight excluding hydrogens is 394 g/mol. The highest BCUT2D eigenvalue weighted by Gasteiger charge is 2.35. The van der Waals surface area contributed by atoms with E-state index in [1.54, 1.807) is 0 Å². The number of hydrogen-bond acceptors (Lipinski definition) is 5. The monoisotopic (exact) mass is 421 g/mol. The Morgan fingerprint density at radius 3 is 2.50 bits per heavy atom. The van der Waals surface area contributed by atoms with Crippen molar-refractivity contribution in [3.8, 4) is 0 Å². The SMILES string of the molecule is c1ccc(C[C@H]2CCN(c3nccnc3C3CN(c4ccc5ccccc5n4)C3)C2)cc1. The summed E-state index contributed by atoms with van der Waals surface area (Å²) in [6.07, 6.45) is 6.03. The van der Waals surface area contributed by atoms with Gasteiger partial charge in [0, 0.05) is 49.9 Å². The summed E-state index contributed by atoms with van der Waals surface area (Å²) < 4.78 is 0. The number of anilines is 2. The van der Waals surface area contributed by atoms with Gasteiger partial charge in [0.1, 0.15) is 5.82 Å². The highest BCUT2D eigenvalue weighted by Crippen LogP contribution is 2.36. The van der Waals surface area contributed by atoms with E-state index in [9.17, 15) is 0 Å². The summed E-state index contributed by atoms with van der Waals surface area (Å²) in [6.45, 7) is 4.01. The van der Waals surface area contributed by atoms with E-state index < -0.39 is 0 Å². The first kappa shape index (κ1) is 19.2. The summed E-state index contributed by atoms with van der Waals surface area (Å²) in [5, 5.41) is 1.18. The van der Waals surface area contributed by atoms with E-state index in [1.807, 2.05) is 18.5 Å². The molecule has 32 heavy (non-hydrogen) atoms. The predicted molar refractivity (Wildman–Crippen MR) is 129 cm³/mol. The zero-order chi connectivity index (χ0) is 21.3. The molecule has 2 fully saturated rings. The number of aromatic nitrogens is 3. The minimum absolute atomic E-state index is 0.403. The average molecular weight is 422 g/mol. The molecule has 2 aliphatic heterocycles. The average Bonchev–Trinajstić information content (AvgIpc) is 3.27. The molecule has 0 spiro atoms. The van der Waals surface area contributed by atoms with Gasteiger partial charge >= 0.3 is 0 Å². The van der Waals surface area contributed by atoms with E-state index in [1.165, 1.54) is 17.4 Å². The lowest BCUT2D eigenvalue weighted by Gasteiger charge is -2.40. The van der Waals surface area contributed by atoms with Gasteiger partial charge in [0.2, 0.25) is 0 Å². The third-order valence-corrected chi connectivity index (χ3v) is 6.83. The molecule has 2 aliphatic rings. The molecule has 4 aromatic rings. The van der Waals surface area contributed by atoms with Gasteiger partial charge in [-0.1, -0.05) is 48.5 Å². The van der Waals surface area contributed by atoms with Gasteiger partial charge in [-0.25, -0.2) is 9.97 Å². The lowest BCUT2D eigenvalue weighted by atomic mass is 9.95. The highest BCUT2D eigenvalue weighted by atomic mass is 15.3. The van der Waals surface area contributed by atoms with E-state index in [4.69, 9.17) is 15.0 Å². The molecule has 6 rings (SSSR count). The van der Waals surface area contributed by atoms with Gasteiger partial charge < -0.3 is 9.80 Å². The third-order valence-electron chi connectivity index (χ3n) is 6.83. The van der Waals surface area contributed by atoms with Crippen LogP contribution in [0.2, 0.25) is 0 Å². The summed E-state index contributed by atoms with van der Waals surface area (Å²) in [5.41, 5.74) is 3.62. The second kappa shape index (κ2) is 8.23. The summed E-state index contributed by atoms with van der Waals surface area (Å²) in [4.78, 5) is 19.2. The van der Waals surface area contributed by atoms with Crippen molar-refractivity contribution < 1.29 is 0 Å². The second-order valence-electron chi connectivity index (χ2n) is 9.02. The molecule has 0 radical (unpaired) electrons. The van der Waals surface area contributed by atoms with E-state index in [-0.39, 0.29) is 0 Å². The van der Waals surface area contributed by atoms with Crippen molar-refractivity contribution in [2.45, 2.75) is 18.8 Å². The number of nitrogens with zero attached hydrogens (tertiary/aromatic N) is 5. The van der Waals surface area contributed by atoms with Gasteiger partial charge in [0.05, 0.1) is 11.2 Å². The van der Waals surface area contributed by atoms with Gasteiger partial charge in [-0.05, 0) is 42.5 Å². The number of hydrogen-bond donors (Lipinski definition) is 0. The van der Waals surface area contributed by atoms with Crippen LogP contribution >= 0.6 is 0 Å². The Kier molecular flexibility index (Phi) is 4.94.